The quantitative estimate of drug-likeness (QED) is 0.476. The zero-order chi connectivity index (χ0) is 22.9. The molecule has 5 rings (SSSR count). The van der Waals surface area contributed by atoms with E-state index in [9.17, 15) is 9.59 Å². The standard InChI is InChI=1S/C24H27N7O2/c1-29(2)12-6-14-31-19-8-4-3-7-17(19)27-24(31)28-22(32)18-10-9-16-15-20-23(33)25-11-5-13-30(20)21(16)26-18/h3-4,7-10,15H,5-6,11-14H2,1-2H3,(H,25,33)(H,27,28,32). The summed E-state index contributed by atoms with van der Waals surface area (Å²) in [4.78, 5) is 36.9. The van der Waals surface area contributed by atoms with Crippen molar-refractivity contribution in [3.8, 4) is 0 Å². The van der Waals surface area contributed by atoms with Crippen molar-refractivity contribution in [1.29, 1.82) is 0 Å². The molecular weight excluding hydrogens is 418 g/mol. The number of rotatable bonds is 6. The summed E-state index contributed by atoms with van der Waals surface area (Å²) in [7, 11) is 4.09. The molecule has 0 spiro atoms. The maximum atomic E-state index is 13.2. The van der Waals surface area contributed by atoms with Gasteiger partial charge < -0.3 is 19.4 Å². The second-order valence-electron chi connectivity index (χ2n) is 8.59. The average Bonchev–Trinajstić information content (AvgIpc) is 3.28. The van der Waals surface area contributed by atoms with Crippen LogP contribution in [-0.2, 0) is 13.1 Å². The number of aryl methyl sites for hydroxylation is 2. The van der Waals surface area contributed by atoms with E-state index in [2.05, 4.69) is 25.5 Å². The molecule has 0 unspecified atom stereocenters. The van der Waals surface area contributed by atoms with Crippen molar-refractivity contribution in [2.75, 3.05) is 32.5 Å². The summed E-state index contributed by atoms with van der Waals surface area (Å²) >= 11 is 0. The van der Waals surface area contributed by atoms with E-state index in [4.69, 9.17) is 0 Å². The molecule has 0 aliphatic carbocycles. The van der Waals surface area contributed by atoms with Crippen molar-refractivity contribution in [2.45, 2.75) is 25.9 Å². The van der Waals surface area contributed by atoms with E-state index >= 15 is 0 Å². The molecular formula is C24H27N7O2. The maximum Gasteiger partial charge on any atom is 0.276 e. The molecule has 33 heavy (non-hydrogen) atoms. The second-order valence-corrected chi connectivity index (χ2v) is 8.59. The summed E-state index contributed by atoms with van der Waals surface area (Å²) < 4.78 is 3.94. The largest absolute Gasteiger partial charge is 0.351 e. The average molecular weight is 446 g/mol. The molecule has 1 aliphatic heterocycles. The van der Waals surface area contributed by atoms with Gasteiger partial charge in [-0.3, -0.25) is 14.9 Å². The van der Waals surface area contributed by atoms with Crippen LogP contribution in [0.4, 0.5) is 5.95 Å². The first-order chi connectivity index (χ1) is 16.0. The molecule has 0 radical (unpaired) electrons. The number of para-hydroxylation sites is 2. The number of amides is 2. The molecule has 170 valence electrons. The van der Waals surface area contributed by atoms with Gasteiger partial charge >= 0.3 is 0 Å². The van der Waals surface area contributed by atoms with Gasteiger partial charge in [0.2, 0.25) is 5.95 Å². The summed E-state index contributed by atoms with van der Waals surface area (Å²) in [6.07, 6.45) is 1.75. The lowest BCUT2D eigenvalue weighted by Crippen LogP contribution is -2.22. The Morgan fingerprint density at radius 1 is 1.18 bits per heavy atom. The Morgan fingerprint density at radius 3 is 2.88 bits per heavy atom. The molecule has 4 aromatic rings. The van der Waals surface area contributed by atoms with Crippen LogP contribution < -0.4 is 10.6 Å². The first-order valence-corrected chi connectivity index (χ1v) is 11.2. The Morgan fingerprint density at radius 2 is 2.03 bits per heavy atom. The van der Waals surface area contributed by atoms with Gasteiger partial charge in [-0.1, -0.05) is 12.1 Å². The normalized spacial score (nSPS) is 13.8. The van der Waals surface area contributed by atoms with Gasteiger partial charge in [0, 0.05) is 25.0 Å². The Bertz CT molecular complexity index is 1350. The van der Waals surface area contributed by atoms with Crippen molar-refractivity contribution >= 4 is 39.8 Å². The third-order valence-electron chi connectivity index (χ3n) is 5.92. The first kappa shape index (κ1) is 21.1. The van der Waals surface area contributed by atoms with E-state index in [0.29, 0.717) is 36.1 Å². The fourth-order valence-electron chi connectivity index (χ4n) is 4.31. The number of fused-ring (bicyclic) bond motifs is 4. The van der Waals surface area contributed by atoms with E-state index < -0.39 is 0 Å². The minimum Gasteiger partial charge on any atom is -0.351 e. The lowest BCUT2D eigenvalue weighted by molar-refractivity contribution is 0.0950. The van der Waals surface area contributed by atoms with Crippen molar-refractivity contribution in [3.05, 3.63) is 53.9 Å². The van der Waals surface area contributed by atoms with Crippen LogP contribution in [0.1, 0.15) is 33.8 Å². The zero-order valence-corrected chi connectivity index (χ0v) is 18.8. The molecule has 9 heteroatoms. The highest BCUT2D eigenvalue weighted by Gasteiger charge is 2.21. The van der Waals surface area contributed by atoms with E-state index in [1.165, 1.54) is 0 Å². The van der Waals surface area contributed by atoms with Crippen molar-refractivity contribution in [2.24, 2.45) is 0 Å². The predicted molar refractivity (Wildman–Crippen MR) is 128 cm³/mol. The zero-order valence-electron chi connectivity index (χ0n) is 18.8. The Balaban J connectivity index is 1.46. The summed E-state index contributed by atoms with van der Waals surface area (Å²) in [5, 5.41) is 6.70. The highest BCUT2D eigenvalue weighted by Crippen LogP contribution is 2.23. The number of pyridine rings is 1. The number of hydrogen-bond donors (Lipinski definition) is 2. The van der Waals surface area contributed by atoms with Crippen LogP contribution in [0.5, 0.6) is 0 Å². The van der Waals surface area contributed by atoms with Gasteiger partial charge in [0.15, 0.2) is 0 Å². The number of nitrogens with one attached hydrogen (secondary N) is 2. The van der Waals surface area contributed by atoms with Crippen molar-refractivity contribution < 1.29 is 9.59 Å². The molecule has 1 aromatic carbocycles. The van der Waals surface area contributed by atoms with Gasteiger partial charge in [0.25, 0.3) is 11.8 Å². The van der Waals surface area contributed by atoms with Gasteiger partial charge in [-0.2, -0.15) is 0 Å². The predicted octanol–water partition coefficient (Wildman–Crippen LogP) is 2.72. The molecule has 2 N–H and O–H groups in total. The number of imidazole rings is 1. The third-order valence-corrected chi connectivity index (χ3v) is 5.92. The number of aromatic nitrogens is 4. The van der Waals surface area contributed by atoms with Crippen molar-refractivity contribution in [1.82, 2.24) is 29.3 Å². The first-order valence-electron chi connectivity index (χ1n) is 11.2. The molecule has 4 heterocycles. The molecule has 1 aliphatic rings. The van der Waals surface area contributed by atoms with Crippen LogP contribution in [0.15, 0.2) is 42.5 Å². The number of hydrogen-bond acceptors (Lipinski definition) is 5. The maximum absolute atomic E-state index is 13.2. The van der Waals surface area contributed by atoms with Crippen LogP contribution in [0.25, 0.3) is 22.1 Å². The van der Waals surface area contributed by atoms with E-state index in [-0.39, 0.29) is 11.8 Å². The van der Waals surface area contributed by atoms with Crippen LogP contribution in [0.3, 0.4) is 0 Å². The van der Waals surface area contributed by atoms with Gasteiger partial charge in [-0.25, -0.2) is 9.97 Å². The van der Waals surface area contributed by atoms with E-state index in [0.717, 1.165) is 42.4 Å². The minimum absolute atomic E-state index is 0.108. The Labute approximate surface area is 191 Å². The highest BCUT2D eigenvalue weighted by molar-refractivity contribution is 6.04. The van der Waals surface area contributed by atoms with E-state index in [1.807, 2.05) is 59.6 Å². The van der Waals surface area contributed by atoms with Gasteiger partial charge in [0.1, 0.15) is 17.0 Å². The SMILES string of the molecule is CN(C)CCCn1c(NC(=O)c2ccc3cc4n(c3n2)CCCNC4=O)nc2ccccc21. The molecule has 0 atom stereocenters. The third kappa shape index (κ3) is 4.07. The number of carbonyl (C=O) groups excluding carboxylic acids is 2. The number of benzene rings is 1. The fourth-order valence-corrected chi connectivity index (χ4v) is 4.31. The molecule has 0 bridgehead atoms. The minimum atomic E-state index is -0.324. The molecule has 9 nitrogen and oxygen atoms in total. The smallest absolute Gasteiger partial charge is 0.276 e. The molecule has 2 amide bonds. The summed E-state index contributed by atoms with van der Waals surface area (Å²) in [5.41, 5.74) is 3.34. The monoisotopic (exact) mass is 445 g/mol. The summed E-state index contributed by atoms with van der Waals surface area (Å²) in [6, 6.07) is 13.2. The Hall–Kier alpha value is -3.72. The molecule has 0 fully saturated rings. The topological polar surface area (TPSA) is 97.1 Å². The Kier molecular flexibility index (Phi) is 5.55. The molecule has 3 aromatic heterocycles. The van der Waals surface area contributed by atoms with Gasteiger partial charge in [-0.15, -0.1) is 0 Å². The highest BCUT2D eigenvalue weighted by atomic mass is 16.2. The van der Waals surface area contributed by atoms with Crippen LogP contribution in [0, 0.1) is 0 Å². The summed E-state index contributed by atoms with van der Waals surface area (Å²) in [6.45, 7) is 2.98. The van der Waals surface area contributed by atoms with Crippen LogP contribution in [-0.4, -0.2) is 63.0 Å². The van der Waals surface area contributed by atoms with Crippen LogP contribution in [0.2, 0.25) is 0 Å². The van der Waals surface area contributed by atoms with Crippen LogP contribution >= 0.6 is 0 Å². The van der Waals surface area contributed by atoms with E-state index in [1.54, 1.807) is 6.07 Å². The number of anilines is 1. The lowest BCUT2D eigenvalue weighted by atomic mass is 10.2. The van der Waals surface area contributed by atoms with Gasteiger partial charge in [0.05, 0.1) is 11.0 Å². The number of nitrogens with zero attached hydrogens (tertiary/aromatic N) is 5. The van der Waals surface area contributed by atoms with Crippen molar-refractivity contribution in [3.63, 3.8) is 0 Å². The number of carbonyl (C=O) groups is 2. The molecule has 0 saturated carbocycles. The second kappa shape index (κ2) is 8.67. The summed E-state index contributed by atoms with van der Waals surface area (Å²) in [5.74, 6) is 0.0767. The fraction of sp³-hybridized carbons (Fsp3) is 0.333. The van der Waals surface area contributed by atoms with Gasteiger partial charge in [-0.05, 0) is 63.8 Å². The lowest BCUT2D eigenvalue weighted by Gasteiger charge is -2.13. The molecule has 0 saturated heterocycles.